The molecular weight excluding hydrogens is 1130 g/mol. The number of aromatic nitrogens is 12. The van der Waals surface area contributed by atoms with E-state index in [0.717, 1.165) is 34.2 Å². The van der Waals surface area contributed by atoms with Crippen LogP contribution in [0.2, 0.25) is 0 Å². The monoisotopic (exact) mass is 1200 g/mol. The number of aromatic amines is 1. The Labute approximate surface area is 453 Å². The van der Waals surface area contributed by atoms with Crippen LogP contribution in [-0.2, 0) is 36.0 Å². The Morgan fingerprint density at radius 3 is 0.932 bits per heavy atom. The van der Waals surface area contributed by atoms with E-state index in [1.807, 2.05) is 18.2 Å². The maximum absolute atomic E-state index is 4.20. The standard InChI is InChI=1S/2C13H13P.C11H14N4.2C11H13N4.Os/c2*1-14(12-8-4-2-5-9-12)13-10-6-3-7-11-13;3*1-11(2,3)9-7-8(14-15-9)10-12-5-4-6-13-10;/h2*2-11H,1H3;4-7H,1-3H3,(H,14,15);2*4-7H,1-3H3;/q;;;2*-1;+2/p+2. The summed E-state index contributed by atoms with van der Waals surface area (Å²) in [5, 5.41) is 29.5. The van der Waals surface area contributed by atoms with Crippen molar-refractivity contribution in [1.29, 1.82) is 0 Å². The summed E-state index contributed by atoms with van der Waals surface area (Å²) in [4.78, 5) is 24.8. The first-order valence-corrected chi connectivity index (χ1v) is 28.3. The molecule has 4 aromatic carbocycles. The molecule has 6 heterocycles. The number of nitrogens with zero attached hydrogens (tertiary/aromatic N) is 11. The summed E-state index contributed by atoms with van der Waals surface area (Å²) in [6.07, 6.45) is 10.2. The SMILES string of the molecule is CC(C)(C)c1cc(-c2ncccn2)[n-]n1.CC(C)(C)c1cc(-c2ncccn2)[n-]n1.CC(C)(C)c1cc(-c2ncccn2)n[nH]1.C[PH+](c1ccccc1)c1ccccc1.C[PH+](c1ccccc1)c1ccccc1.[Os+2]. The van der Waals surface area contributed by atoms with Gasteiger partial charge in [0, 0.05) is 70.5 Å². The summed E-state index contributed by atoms with van der Waals surface area (Å²) in [7, 11) is -1.09. The quantitative estimate of drug-likeness (QED) is 0.151. The van der Waals surface area contributed by atoms with Crippen LogP contribution in [0.1, 0.15) is 79.4 Å². The molecule has 0 fully saturated rings. The fourth-order valence-corrected chi connectivity index (χ4v) is 10.2. The van der Waals surface area contributed by atoms with Crippen LogP contribution >= 0.6 is 15.8 Å². The van der Waals surface area contributed by atoms with Gasteiger partial charge < -0.3 is 20.4 Å². The van der Waals surface area contributed by atoms with Gasteiger partial charge in [-0.25, -0.2) is 29.9 Å². The van der Waals surface area contributed by atoms with E-state index in [4.69, 9.17) is 0 Å². The molecule has 380 valence electrons. The van der Waals surface area contributed by atoms with Crippen LogP contribution < -0.4 is 31.4 Å². The van der Waals surface area contributed by atoms with E-state index in [2.05, 4.69) is 257 Å². The van der Waals surface area contributed by atoms with Crippen molar-refractivity contribution in [2.75, 3.05) is 13.3 Å². The zero-order chi connectivity index (χ0) is 52.3. The summed E-state index contributed by atoms with van der Waals surface area (Å²) in [6, 6.07) is 54.3. The molecule has 12 nitrogen and oxygen atoms in total. The van der Waals surface area contributed by atoms with Crippen molar-refractivity contribution in [3.63, 3.8) is 0 Å². The second kappa shape index (κ2) is 28.1. The number of nitrogens with one attached hydrogen (secondary N) is 1. The molecule has 0 aliphatic carbocycles. The predicted molar refractivity (Wildman–Crippen MR) is 306 cm³/mol. The molecule has 1 N–H and O–H groups in total. The molecule has 0 aliphatic rings. The Kier molecular flexibility index (Phi) is 22.0. The number of hydrogen-bond acceptors (Lipinski definition) is 9. The van der Waals surface area contributed by atoms with E-state index in [-0.39, 0.29) is 36.0 Å². The van der Waals surface area contributed by atoms with Gasteiger partial charge in [-0.15, -0.1) is 0 Å². The Balaban J connectivity index is 0.000000171. The molecule has 0 radical (unpaired) electrons. The topological polar surface area (TPSA) is 160 Å². The first kappa shape index (κ1) is 58.1. The Bertz CT molecular complexity index is 2720. The van der Waals surface area contributed by atoms with E-state index in [1.165, 1.54) is 21.2 Å². The maximum atomic E-state index is 4.20. The van der Waals surface area contributed by atoms with Gasteiger partial charge in [-0.05, 0) is 72.8 Å². The van der Waals surface area contributed by atoms with Gasteiger partial charge in [-0.3, -0.25) is 5.10 Å². The van der Waals surface area contributed by atoms with Crippen molar-refractivity contribution < 1.29 is 19.8 Å². The molecule has 74 heavy (non-hydrogen) atoms. The zero-order valence-electron chi connectivity index (χ0n) is 44.2. The summed E-state index contributed by atoms with van der Waals surface area (Å²) in [6.45, 7) is 23.7. The van der Waals surface area contributed by atoms with Gasteiger partial charge in [-0.1, -0.05) is 159 Å². The van der Waals surface area contributed by atoms with Gasteiger partial charge in [0.05, 0.1) is 50.4 Å². The van der Waals surface area contributed by atoms with E-state index in [0.29, 0.717) is 17.5 Å². The molecule has 0 aliphatic heterocycles. The Morgan fingerprint density at radius 1 is 0.378 bits per heavy atom. The third-order valence-electron chi connectivity index (χ3n) is 11.2. The Hall–Kier alpha value is -6.75. The minimum Gasteiger partial charge on any atom is -0.572 e. The van der Waals surface area contributed by atoms with Crippen LogP contribution in [0.15, 0.2) is 195 Å². The smallest absolute Gasteiger partial charge is 0.572 e. The van der Waals surface area contributed by atoms with E-state index in [9.17, 15) is 0 Å². The van der Waals surface area contributed by atoms with Crippen LogP contribution in [0.5, 0.6) is 0 Å². The molecular formula is C59H68N12OsP2+2. The van der Waals surface area contributed by atoms with Gasteiger partial charge in [0.2, 0.25) is 0 Å². The van der Waals surface area contributed by atoms with Crippen molar-refractivity contribution in [3.8, 4) is 34.6 Å². The predicted octanol–water partition coefficient (Wildman–Crippen LogP) is 10.7. The van der Waals surface area contributed by atoms with Crippen LogP contribution in [0.25, 0.3) is 34.6 Å². The summed E-state index contributed by atoms with van der Waals surface area (Å²) in [5.41, 5.74) is 5.38. The molecule has 0 bridgehead atoms. The number of benzene rings is 4. The van der Waals surface area contributed by atoms with Crippen LogP contribution in [0.3, 0.4) is 0 Å². The van der Waals surface area contributed by atoms with Crippen LogP contribution in [-0.4, -0.2) is 63.6 Å². The summed E-state index contributed by atoms with van der Waals surface area (Å²) in [5.74, 6) is 1.91. The van der Waals surface area contributed by atoms with Crippen molar-refractivity contribution in [1.82, 2.24) is 60.5 Å². The van der Waals surface area contributed by atoms with Crippen LogP contribution in [0, 0.1) is 0 Å². The van der Waals surface area contributed by atoms with E-state index >= 15 is 0 Å². The minimum absolute atomic E-state index is 0. The fourth-order valence-electron chi connectivity index (χ4n) is 6.74. The summed E-state index contributed by atoms with van der Waals surface area (Å²) < 4.78 is 0. The van der Waals surface area contributed by atoms with Crippen molar-refractivity contribution >= 4 is 37.1 Å². The largest absolute Gasteiger partial charge is 2.00 e. The molecule has 0 spiro atoms. The molecule has 0 saturated heterocycles. The third kappa shape index (κ3) is 18.0. The third-order valence-corrected chi connectivity index (χ3v) is 16.0. The summed E-state index contributed by atoms with van der Waals surface area (Å²) >= 11 is 0. The molecule has 6 aromatic heterocycles. The number of rotatable bonds is 7. The van der Waals surface area contributed by atoms with Crippen molar-refractivity contribution in [2.45, 2.75) is 78.6 Å². The molecule has 0 atom stereocenters. The fraction of sp³-hybridized carbons (Fsp3) is 0.237. The first-order valence-electron chi connectivity index (χ1n) is 24.3. The molecule has 15 heteroatoms. The number of H-pyrrole nitrogens is 1. The van der Waals surface area contributed by atoms with Gasteiger partial charge in [-0.2, -0.15) is 5.10 Å². The van der Waals surface area contributed by atoms with E-state index in [1.54, 1.807) is 55.4 Å². The molecule has 0 unspecified atom stereocenters. The maximum Gasteiger partial charge on any atom is 2.00 e. The molecule has 10 aromatic rings. The van der Waals surface area contributed by atoms with Crippen LogP contribution in [0.4, 0.5) is 0 Å². The average molecular weight is 1200 g/mol. The molecule has 10 rings (SSSR count). The second-order valence-electron chi connectivity index (χ2n) is 20.1. The van der Waals surface area contributed by atoms with Gasteiger partial charge in [0.1, 0.15) is 17.3 Å². The minimum atomic E-state index is -0.545. The first-order chi connectivity index (χ1) is 35.0. The second-order valence-corrected chi connectivity index (χ2v) is 24.9. The van der Waals surface area contributed by atoms with Gasteiger partial charge in [0.15, 0.2) is 5.82 Å². The normalized spacial score (nSPS) is 11.0. The van der Waals surface area contributed by atoms with Crippen molar-refractivity contribution in [3.05, 3.63) is 212 Å². The molecule has 0 saturated carbocycles. The van der Waals surface area contributed by atoms with Gasteiger partial charge in [0.25, 0.3) is 0 Å². The van der Waals surface area contributed by atoms with Crippen molar-refractivity contribution in [2.24, 2.45) is 0 Å². The Morgan fingerprint density at radius 2 is 0.676 bits per heavy atom. The zero-order valence-corrected chi connectivity index (χ0v) is 48.8. The molecule has 0 amide bonds. The average Bonchev–Trinajstić information content (AvgIpc) is 4.24. The number of hydrogen-bond donors (Lipinski definition) is 1. The van der Waals surface area contributed by atoms with Gasteiger partial charge >= 0.3 is 19.8 Å². The van der Waals surface area contributed by atoms with E-state index < -0.39 is 15.8 Å².